The molecule has 0 fully saturated rings. The molecule has 0 saturated carbocycles. The maximum Gasteiger partial charge on any atom is 0.264 e. The molecule has 2 amide bonds. The molecule has 0 aliphatic heterocycles. The third-order valence-corrected chi connectivity index (χ3v) is 9.08. The van der Waals surface area contributed by atoms with E-state index in [-0.39, 0.29) is 33.1 Å². The highest BCUT2D eigenvalue weighted by atomic mass is 35.5. The third kappa shape index (κ3) is 7.99. The van der Waals surface area contributed by atoms with Gasteiger partial charge in [-0.05, 0) is 63.1 Å². The number of nitrogens with zero attached hydrogens (tertiary/aromatic N) is 2. The van der Waals surface area contributed by atoms with Gasteiger partial charge in [0.25, 0.3) is 10.0 Å². The molecule has 7 nitrogen and oxygen atoms in total. The molecule has 0 aliphatic carbocycles. The summed E-state index contributed by atoms with van der Waals surface area (Å²) < 4.78 is 28.8. The number of aryl methyl sites for hydroxylation is 2. The van der Waals surface area contributed by atoms with Crippen molar-refractivity contribution in [3.8, 4) is 0 Å². The molecule has 0 heterocycles. The Morgan fingerprint density at radius 2 is 1.50 bits per heavy atom. The van der Waals surface area contributed by atoms with Gasteiger partial charge in [0.15, 0.2) is 0 Å². The van der Waals surface area contributed by atoms with Gasteiger partial charge < -0.3 is 10.2 Å². The highest BCUT2D eigenvalue weighted by Crippen LogP contribution is 2.31. The number of hydrogen-bond donors (Lipinski definition) is 1. The molecule has 0 aromatic heterocycles. The van der Waals surface area contributed by atoms with Crippen molar-refractivity contribution in [2.24, 2.45) is 0 Å². The van der Waals surface area contributed by atoms with E-state index >= 15 is 0 Å². The van der Waals surface area contributed by atoms with Gasteiger partial charge >= 0.3 is 0 Å². The Hall–Kier alpha value is -3.07. The van der Waals surface area contributed by atoms with E-state index < -0.39 is 28.5 Å². The monoisotopic (exact) mass is 603 g/mol. The summed E-state index contributed by atoms with van der Waals surface area (Å²) in [5.41, 5.74) is 2.94. The molecule has 3 aromatic carbocycles. The number of amides is 2. The van der Waals surface area contributed by atoms with E-state index in [1.165, 1.54) is 35.2 Å². The van der Waals surface area contributed by atoms with Gasteiger partial charge in [-0.15, -0.1) is 0 Å². The summed E-state index contributed by atoms with van der Waals surface area (Å²) in [5, 5.41) is 3.28. The van der Waals surface area contributed by atoms with Gasteiger partial charge in [0.2, 0.25) is 11.8 Å². The normalized spacial score (nSPS) is 12.1. The predicted molar refractivity (Wildman–Crippen MR) is 161 cm³/mol. The fourth-order valence-corrected chi connectivity index (χ4v) is 5.71. The van der Waals surface area contributed by atoms with Crippen molar-refractivity contribution in [1.29, 1.82) is 0 Å². The molecule has 0 saturated heterocycles. The number of carbonyl (C=O) groups excluding carboxylic acids is 2. The Morgan fingerprint density at radius 1 is 0.900 bits per heavy atom. The summed E-state index contributed by atoms with van der Waals surface area (Å²) in [6.45, 7) is 7.55. The molecular formula is C30H35Cl2N3O4S. The van der Waals surface area contributed by atoms with Crippen LogP contribution in [0.2, 0.25) is 10.0 Å². The standard InChI is InChI=1S/C30H35Cl2N3O4S/c1-5-6-17-33-30(37)23(4)34(19-24-11-7-21(2)8-12-24)29(36)20-35(25-13-16-27(31)28(32)18-25)40(38,39)26-14-9-22(3)10-15-26/h7-16,18,23H,5-6,17,19-20H2,1-4H3,(H,33,37)/t23-/m1/s1. The van der Waals surface area contributed by atoms with Gasteiger partial charge in [-0.3, -0.25) is 13.9 Å². The average molecular weight is 605 g/mol. The molecule has 0 unspecified atom stereocenters. The second-order valence-electron chi connectivity index (χ2n) is 9.75. The van der Waals surface area contributed by atoms with Crippen LogP contribution in [0.3, 0.4) is 0 Å². The van der Waals surface area contributed by atoms with Crippen LogP contribution in [-0.4, -0.2) is 44.3 Å². The number of rotatable bonds is 12. The number of sulfonamides is 1. The number of hydrogen-bond acceptors (Lipinski definition) is 4. The number of unbranched alkanes of at least 4 members (excludes halogenated alkanes) is 1. The van der Waals surface area contributed by atoms with Crippen molar-refractivity contribution >= 4 is 50.7 Å². The molecular weight excluding hydrogens is 569 g/mol. The quantitative estimate of drug-likeness (QED) is 0.252. The Morgan fingerprint density at radius 3 is 2.08 bits per heavy atom. The Labute approximate surface area is 247 Å². The van der Waals surface area contributed by atoms with E-state index in [9.17, 15) is 18.0 Å². The van der Waals surface area contributed by atoms with E-state index in [1.54, 1.807) is 19.1 Å². The van der Waals surface area contributed by atoms with Crippen molar-refractivity contribution < 1.29 is 18.0 Å². The molecule has 3 rings (SSSR count). The largest absolute Gasteiger partial charge is 0.354 e. The van der Waals surface area contributed by atoms with E-state index in [4.69, 9.17) is 23.2 Å². The van der Waals surface area contributed by atoms with Crippen molar-refractivity contribution in [2.75, 3.05) is 17.4 Å². The fourth-order valence-electron chi connectivity index (χ4n) is 4.02. The van der Waals surface area contributed by atoms with Crippen LogP contribution in [0.5, 0.6) is 0 Å². The van der Waals surface area contributed by atoms with Gasteiger partial charge in [0, 0.05) is 13.1 Å². The van der Waals surface area contributed by atoms with Crippen molar-refractivity contribution in [3.05, 3.63) is 93.5 Å². The van der Waals surface area contributed by atoms with Crippen LogP contribution in [-0.2, 0) is 26.2 Å². The summed E-state index contributed by atoms with van der Waals surface area (Å²) in [6, 6.07) is 17.5. The van der Waals surface area contributed by atoms with E-state index in [1.807, 2.05) is 45.0 Å². The van der Waals surface area contributed by atoms with Gasteiger partial charge in [-0.2, -0.15) is 0 Å². The van der Waals surface area contributed by atoms with Gasteiger partial charge in [0.05, 0.1) is 20.6 Å². The first-order valence-corrected chi connectivity index (χ1v) is 15.3. The second kappa shape index (κ2) is 14.0. The minimum absolute atomic E-state index is 0.0208. The fraction of sp³-hybridized carbons (Fsp3) is 0.333. The smallest absolute Gasteiger partial charge is 0.264 e. The number of carbonyl (C=O) groups is 2. The number of anilines is 1. The first-order chi connectivity index (χ1) is 18.9. The van der Waals surface area contributed by atoms with Crippen molar-refractivity contribution in [3.63, 3.8) is 0 Å². The van der Waals surface area contributed by atoms with Crippen LogP contribution in [0.25, 0.3) is 0 Å². The van der Waals surface area contributed by atoms with E-state index in [0.29, 0.717) is 6.54 Å². The first kappa shape index (κ1) is 31.5. The van der Waals surface area contributed by atoms with Crippen LogP contribution >= 0.6 is 23.2 Å². The van der Waals surface area contributed by atoms with Crippen LogP contribution in [0.4, 0.5) is 5.69 Å². The Balaban J connectivity index is 2.02. The van der Waals surface area contributed by atoms with Crippen molar-refractivity contribution in [2.45, 2.75) is 58.0 Å². The number of nitrogens with one attached hydrogen (secondary N) is 1. The summed E-state index contributed by atoms with van der Waals surface area (Å²) in [7, 11) is -4.19. The van der Waals surface area contributed by atoms with Gasteiger partial charge in [-0.25, -0.2) is 8.42 Å². The maximum absolute atomic E-state index is 13.9. The molecule has 1 atom stereocenters. The van der Waals surface area contributed by atoms with E-state index in [0.717, 1.165) is 33.8 Å². The zero-order chi connectivity index (χ0) is 29.4. The van der Waals surface area contributed by atoms with Crippen LogP contribution in [0, 0.1) is 13.8 Å². The van der Waals surface area contributed by atoms with Crippen LogP contribution in [0.15, 0.2) is 71.6 Å². The van der Waals surface area contributed by atoms with Gasteiger partial charge in [-0.1, -0.05) is 84.1 Å². The summed E-state index contributed by atoms with van der Waals surface area (Å²) in [5.74, 6) is -0.850. The highest BCUT2D eigenvalue weighted by Gasteiger charge is 2.32. The van der Waals surface area contributed by atoms with Crippen LogP contribution < -0.4 is 9.62 Å². The molecule has 3 aromatic rings. The molecule has 0 aliphatic rings. The SMILES string of the molecule is CCCCNC(=O)[C@@H](C)N(Cc1ccc(C)cc1)C(=O)CN(c1ccc(Cl)c(Cl)c1)S(=O)(=O)c1ccc(C)cc1. The van der Waals surface area contributed by atoms with Gasteiger partial charge in [0.1, 0.15) is 12.6 Å². The lowest BCUT2D eigenvalue weighted by Crippen LogP contribution is -2.51. The van der Waals surface area contributed by atoms with Crippen molar-refractivity contribution in [1.82, 2.24) is 10.2 Å². The molecule has 0 spiro atoms. The lowest BCUT2D eigenvalue weighted by molar-refractivity contribution is -0.139. The minimum Gasteiger partial charge on any atom is -0.354 e. The number of halogens is 2. The Bertz CT molecular complexity index is 1430. The third-order valence-electron chi connectivity index (χ3n) is 6.55. The zero-order valence-corrected chi connectivity index (χ0v) is 25.5. The second-order valence-corrected chi connectivity index (χ2v) is 12.4. The topological polar surface area (TPSA) is 86.8 Å². The maximum atomic E-state index is 13.9. The molecule has 0 bridgehead atoms. The summed E-state index contributed by atoms with van der Waals surface area (Å²) in [6.07, 6.45) is 1.72. The average Bonchev–Trinajstić information content (AvgIpc) is 2.92. The minimum atomic E-state index is -4.19. The Kier molecular flexibility index (Phi) is 11.0. The van der Waals surface area contributed by atoms with E-state index in [2.05, 4.69) is 5.32 Å². The molecule has 0 radical (unpaired) electrons. The molecule has 214 valence electrons. The summed E-state index contributed by atoms with van der Waals surface area (Å²) in [4.78, 5) is 28.4. The molecule has 1 N–H and O–H groups in total. The first-order valence-electron chi connectivity index (χ1n) is 13.1. The lowest BCUT2D eigenvalue weighted by Gasteiger charge is -2.32. The van der Waals surface area contributed by atoms with Crippen LogP contribution in [0.1, 0.15) is 43.4 Å². The number of benzene rings is 3. The predicted octanol–water partition coefficient (Wildman–Crippen LogP) is 6.14. The molecule has 10 heteroatoms. The zero-order valence-electron chi connectivity index (χ0n) is 23.2. The lowest BCUT2D eigenvalue weighted by atomic mass is 10.1. The summed E-state index contributed by atoms with van der Waals surface area (Å²) >= 11 is 12.3. The highest BCUT2D eigenvalue weighted by molar-refractivity contribution is 7.92. The molecule has 40 heavy (non-hydrogen) atoms.